The van der Waals surface area contributed by atoms with Gasteiger partial charge in [0.2, 0.25) is 0 Å². The number of carbonyl (C=O) groups is 2. The lowest BCUT2D eigenvalue weighted by Gasteiger charge is -2.23. The van der Waals surface area contributed by atoms with E-state index in [-0.39, 0.29) is 35.7 Å². The second-order valence-electron chi connectivity index (χ2n) is 4.94. The summed E-state index contributed by atoms with van der Waals surface area (Å²) in [6.07, 6.45) is 1.54. The molecular weight excluding hydrogens is 277 g/mol. The third-order valence-corrected chi connectivity index (χ3v) is 3.27. The van der Waals surface area contributed by atoms with Crippen LogP contribution in [0.15, 0.2) is 18.2 Å². The minimum Gasteiger partial charge on any atom is -0.483 e. The van der Waals surface area contributed by atoms with Crippen LogP contribution in [0.5, 0.6) is 5.75 Å². The summed E-state index contributed by atoms with van der Waals surface area (Å²) in [5, 5.41) is 2.83. The van der Waals surface area contributed by atoms with Gasteiger partial charge in [-0.05, 0) is 31.9 Å². The quantitative estimate of drug-likeness (QED) is 0.840. The smallest absolute Gasteiger partial charge is 0.258 e. The molecule has 0 bridgehead atoms. The summed E-state index contributed by atoms with van der Waals surface area (Å²) in [5.74, 6) is -0.958. The van der Waals surface area contributed by atoms with Gasteiger partial charge in [0.05, 0.1) is 5.56 Å². The van der Waals surface area contributed by atoms with Crippen LogP contribution in [-0.4, -0.2) is 37.6 Å². The first-order chi connectivity index (χ1) is 10.1. The summed E-state index contributed by atoms with van der Waals surface area (Å²) in [4.78, 5) is 23.2. The second-order valence-corrected chi connectivity index (χ2v) is 4.94. The van der Waals surface area contributed by atoms with Gasteiger partial charge >= 0.3 is 0 Å². The van der Waals surface area contributed by atoms with Gasteiger partial charge in [-0.2, -0.15) is 0 Å². The van der Waals surface area contributed by atoms with Crippen molar-refractivity contribution in [2.24, 2.45) is 0 Å². The summed E-state index contributed by atoms with van der Waals surface area (Å²) < 4.78 is 23.7. The molecule has 1 fully saturated rings. The molecule has 1 N–H and O–H groups in total. The number of ether oxygens (including phenoxy) is 2. The summed E-state index contributed by atoms with van der Waals surface area (Å²) in [6.45, 7) is 2.37. The molecule has 1 aromatic carbocycles. The Hall–Kier alpha value is -1.95. The molecule has 0 spiro atoms. The monoisotopic (exact) mass is 295 g/mol. The van der Waals surface area contributed by atoms with Gasteiger partial charge in [0.15, 0.2) is 12.4 Å². The highest BCUT2D eigenvalue weighted by atomic mass is 19.1. The van der Waals surface area contributed by atoms with E-state index in [9.17, 15) is 14.0 Å². The van der Waals surface area contributed by atoms with Crippen molar-refractivity contribution in [3.8, 4) is 5.75 Å². The lowest BCUT2D eigenvalue weighted by molar-refractivity contribution is -0.124. The summed E-state index contributed by atoms with van der Waals surface area (Å²) in [5.41, 5.74) is 0.260. The lowest BCUT2D eigenvalue weighted by atomic mass is 10.1. The highest BCUT2D eigenvalue weighted by molar-refractivity contribution is 5.96. The molecule has 1 aliphatic heterocycles. The van der Waals surface area contributed by atoms with Crippen molar-refractivity contribution in [2.45, 2.75) is 25.8 Å². The standard InChI is InChI=1S/C15H18FNO4/c1-10(18)13-3-2-11(16)8-14(13)21-9-15(19)17-12-4-6-20-7-5-12/h2-3,8,12H,4-7,9H2,1H3,(H,17,19). The van der Waals surface area contributed by atoms with Crippen LogP contribution in [-0.2, 0) is 9.53 Å². The van der Waals surface area contributed by atoms with Gasteiger partial charge < -0.3 is 14.8 Å². The van der Waals surface area contributed by atoms with E-state index in [1.54, 1.807) is 0 Å². The topological polar surface area (TPSA) is 64.6 Å². The fourth-order valence-corrected chi connectivity index (χ4v) is 2.16. The van der Waals surface area contributed by atoms with E-state index < -0.39 is 5.82 Å². The fraction of sp³-hybridized carbons (Fsp3) is 0.467. The van der Waals surface area contributed by atoms with E-state index >= 15 is 0 Å². The van der Waals surface area contributed by atoms with Crippen LogP contribution >= 0.6 is 0 Å². The van der Waals surface area contributed by atoms with Crippen LogP contribution in [0.4, 0.5) is 4.39 Å². The highest BCUT2D eigenvalue weighted by Crippen LogP contribution is 2.20. The molecule has 1 amide bonds. The molecule has 1 aliphatic rings. The maximum atomic E-state index is 13.2. The van der Waals surface area contributed by atoms with Gasteiger partial charge in [0.25, 0.3) is 5.91 Å². The molecule has 0 aromatic heterocycles. The van der Waals surface area contributed by atoms with Crippen molar-refractivity contribution < 1.29 is 23.5 Å². The maximum absolute atomic E-state index is 13.2. The number of amides is 1. The average molecular weight is 295 g/mol. The van der Waals surface area contributed by atoms with Crippen molar-refractivity contribution in [1.29, 1.82) is 0 Å². The number of nitrogens with one attached hydrogen (secondary N) is 1. The number of benzene rings is 1. The van der Waals surface area contributed by atoms with Gasteiger partial charge in [-0.3, -0.25) is 9.59 Å². The first kappa shape index (κ1) is 15.4. The van der Waals surface area contributed by atoms with Crippen molar-refractivity contribution in [3.05, 3.63) is 29.6 Å². The third kappa shape index (κ3) is 4.53. The Bertz CT molecular complexity index is 526. The van der Waals surface area contributed by atoms with Gasteiger partial charge in [-0.1, -0.05) is 0 Å². The largest absolute Gasteiger partial charge is 0.483 e. The number of hydrogen-bond acceptors (Lipinski definition) is 4. The Kier molecular flexibility index (Phi) is 5.27. The maximum Gasteiger partial charge on any atom is 0.258 e. The van der Waals surface area contributed by atoms with E-state index in [2.05, 4.69) is 5.32 Å². The summed E-state index contributed by atoms with van der Waals surface area (Å²) in [7, 11) is 0. The van der Waals surface area contributed by atoms with Crippen LogP contribution in [0.25, 0.3) is 0 Å². The summed E-state index contributed by atoms with van der Waals surface area (Å²) in [6, 6.07) is 3.72. The van der Waals surface area contributed by atoms with E-state index in [0.29, 0.717) is 13.2 Å². The molecular formula is C15H18FNO4. The molecule has 0 aliphatic carbocycles. The van der Waals surface area contributed by atoms with Crippen LogP contribution < -0.4 is 10.1 Å². The number of rotatable bonds is 5. The average Bonchev–Trinajstić information content (AvgIpc) is 2.46. The van der Waals surface area contributed by atoms with Crippen molar-refractivity contribution >= 4 is 11.7 Å². The minimum absolute atomic E-state index is 0.0784. The number of ketones is 1. The molecule has 0 atom stereocenters. The first-order valence-corrected chi connectivity index (χ1v) is 6.86. The first-order valence-electron chi connectivity index (χ1n) is 6.86. The molecule has 1 aromatic rings. The van der Waals surface area contributed by atoms with E-state index in [1.807, 2.05) is 0 Å². The predicted molar refractivity (Wildman–Crippen MR) is 73.9 cm³/mol. The normalized spacial score (nSPS) is 15.5. The molecule has 114 valence electrons. The van der Waals surface area contributed by atoms with Gasteiger partial charge in [-0.15, -0.1) is 0 Å². The zero-order valence-electron chi connectivity index (χ0n) is 11.9. The number of carbonyl (C=O) groups excluding carboxylic acids is 2. The lowest BCUT2D eigenvalue weighted by Crippen LogP contribution is -2.41. The Morgan fingerprint density at radius 3 is 2.76 bits per heavy atom. The van der Waals surface area contributed by atoms with Crippen molar-refractivity contribution in [1.82, 2.24) is 5.32 Å². The predicted octanol–water partition coefficient (Wildman–Crippen LogP) is 1.70. The Balaban J connectivity index is 1.91. The highest BCUT2D eigenvalue weighted by Gasteiger charge is 2.17. The zero-order chi connectivity index (χ0) is 15.2. The van der Waals surface area contributed by atoms with Crippen LogP contribution in [0.2, 0.25) is 0 Å². The van der Waals surface area contributed by atoms with Crippen molar-refractivity contribution in [2.75, 3.05) is 19.8 Å². The summed E-state index contributed by atoms with van der Waals surface area (Å²) >= 11 is 0. The van der Waals surface area contributed by atoms with E-state index in [1.165, 1.54) is 19.1 Å². The van der Waals surface area contributed by atoms with E-state index in [4.69, 9.17) is 9.47 Å². The van der Waals surface area contributed by atoms with Crippen molar-refractivity contribution in [3.63, 3.8) is 0 Å². The Morgan fingerprint density at radius 1 is 1.38 bits per heavy atom. The van der Waals surface area contributed by atoms with E-state index in [0.717, 1.165) is 18.9 Å². The molecule has 0 saturated carbocycles. The number of Topliss-reactive ketones (excluding diaryl/α,β-unsaturated/α-hetero) is 1. The minimum atomic E-state index is -0.514. The van der Waals surface area contributed by atoms with Crippen LogP contribution in [0, 0.1) is 5.82 Å². The molecule has 0 radical (unpaired) electrons. The SMILES string of the molecule is CC(=O)c1ccc(F)cc1OCC(=O)NC1CCOCC1. The third-order valence-electron chi connectivity index (χ3n) is 3.27. The van der Waals surface area contributed by atoms with Gasteiger partial charge in [-0.25, -0.2) is 4.39 Å². The molecule has 1 heterocycles. The molecule has 0 unspecified atom stereocenters. The molecule has 5 nitrogen and oxygen atoms in total. The van der Waals surface area contributed by atoms with Crippen LogP contribution in [0.1, 0.15) is 30.1 Å². The number of hydrogen-bond donors (Lipinski definition) is 1. The zero-order valence-corrected chi connectivity index (χ0v) is 11.9. The Labute approximate surface area is 122 Å². The second kappa shape index (κ2) is 7.17. The number of halogens is 1. The van der Waals surface area contributed by atoms with Gasteiger partial charge in [0.1, 0.15) is 11.6 Å². The molecule has 1 saturated heterocycles. The fourth-order valence-electron chi connectivity index (χ4n) is 2.16. The molecule has 2 rings (SSSR count). The Morgan fingerprint density at radius 2 is 2.10 bits per heavy atom. The van der Waals surface area contributed by atoms with Crippen LogP contribution in [0.3, 0.4) is 0 Å². The van der Waals surface area contributed by atoms with Gasteiger partial charge in [0, 0.05) is 25.3 Å². The molecule has 21 heavy (non-hydrogen) atoms. The molecule has 6 heteroatoms.